The molecule has 37 heavy (non-hydrogen) atoms. The number of aromatic nitrogens is 1. The summed E-state index contributed by atoms with van der Waals surface area (Å²) in [4.78, 5) is 34.9. The summed E-state index contributed by atoms with van der Waals surface area (Å²) in [6.45, 7) is 0.690. The van der Waals surface area contributed by atoms with Crippen LogP contribution in [-0.4, -0.2) is 59.9 Å². The van der Waals surface area contributed by atoms with E-state index < -0.39 is 12.1 Å². The number of allylic oxidation sites excluding steroid dienone is 1. The highest BCUT2D eigenvalue weighted by atomic mass is 16.5. The van der Waals surface area contributed by atoms with E-state index in [9.17, 15) is 9.59 Å². The Hall–Kier alpha value is -3.74. The van der Waals surface area contributed by atoms with Gasteiger partial charge in [0.2, 0.25) is 11.8 Å². The molecule has 1 aliphatic carbocycles. The predicted octanol–water partition coefficient (Wildman–Crippen LogP) is 4.76. The van der Waals surface area contributed by atoms with E-state index in [-0.39, 0.29) is 18.4 Å². The lowest BCUT2D eigenvalue weighted by molar-refractivity contribution is -0.158. The lowest BCUT2D eigenvalue weighted by Crippen LogP contribution is -2.63. The van der Waals surface area contributed by atoms with Gasteiger partial charge in [0.05, 0.1) is 20.8 Å². The number of benzene rings is 2. The Bertz CT molecular complexity index is 1390. The number of ether oxygens (including phenoxy) is 2. The van der Waals surface area contributed by atoms with E-state index in [1.165, 1.54) is 18.4 Å². The maximum absolute atomic E-state index is 13.9. The molecule has 192 valence electrons. The molecule has 1 fully saturated rings. The van der Waals surface area contributed by atoms with Crippen LogP contribution in [0.25, 0.3) is 10.9 Å². The van der Waals surface area contributed by atoms with Gasteiger partial charge in [0.25, 0.3) is 0 Å². The smallest absolute Gasteiger partial charge is 0.246 e. The molecule has 2 atom stereocenters. The van der Waals surface area contributed by atoms with Gasteiger partial charge in [-0.25, -0.2) is 0 Å². The van der Waals surface area contributed by atoms with E-state index in [1.54, 1.807) is 24.0 Å². The van der Waals surface area contributed by atoms with Crippen molar-refractivity contribution in [2.24, 2.45) is 0 Å². The number of amides is 2. The molecule has 0 radical (unpaired) electrons. The van der Waals surface area contributed by atoms with E-state index in [2.05, 4.69) is 17.1 Å². The second kappa shape index (κ2) is 9.61. The van der Waals surface area contributed by atoms with E-state index in [4.69, 9.17) is 9.47 Å². The van der Waals surface area contributed by atoms with Crippen molar-refractivity contribution in [3.05, 3.63) is 70.9 Å². The predicted molar refractivity (Wildman–Crippen MR) is 142 cm³/mol. The zero-order valence-corrected chi connectivity index (χ0v) is 21.5. The van der Waals surface area contributed by atoms with Gasteiger partial charge in [-0.1, -0.05) is 42.0 Å². The number of para-hydroxylation sites is 2. The van der Waals surface area contributed by atoms with Crippen LogP contribution >= 0.6 is 0 Å². The van der Waals surface area contributed by atoms with Crippen molar-refractivity contribution in [3.8, 4) is 11.5 Å². The standard InChI is InChI=1S/C30H33N3O4/c1-36-25-14-8-12-21(29(25)37-2)28-27-22(20-11-6-7-13-23(20)31-27)17-24-30(35)32(18-26(34)33(24)28)16-15-19-9-4-3-5-10-19/h6-9,11-14,24,28,31H,3-5,10,15-18H2,1-2H3/t24-,28?/m0/s1. The fraction of sp³-hybridized carbons (Fsp3) is 0.400. The first-order valence-corrected chi connectivity index (χ1v) is 13.2. The normalized spacial score (nSPS) is 21.5. The lowest BCUT2D eigenvalue weighted by Gasteiger charge is -2.47. The topological polar surface area (TPSA) is 74.9 Å². The van der Waals surface area contributed by atoms with Crippen LogP contribution in [0.4, 0.5) is 0 Å². The second-order valence-corrected chi connectivity index (χ2v) is 10.2. The average molecular weight is 500 g/mol. The van der Waals surface area contributed by atoms with E-state index >= 15 is 0 Å². The van der Waals surface area contributed by atoms with Crippen molar-refractivity contribution in [3.63, 3.8) is 0 Å². The zero-order chi connectivity index (χ0) is 25.5. The third-order valence-corrected chi connectivity index (χ3v) is 8.16. The highest BCUT2D eigenvalue weighted by molar-refractivity contribution is 5.97. The van der Waals surface area contributed by atoms with Gasteiger partial charge in [-0.3, -0.25) is 9.59 Å². The van der Waals surface area contributed by atoms with E-state index in [1.807, 2.05) is 36.4 Å². The van der Waals surface area contributed by atoms with Crippen molar-refractivity contribution < 1.29 is 19.1 Å². The lowest BCUT2D eigenvalue weighted by atomic mass is 9.85. The van der Waals surface area contributed by atoms with Crippen LogP contribution in [-0.2, 0) is 16.0 Å². The first-order chi connectivity index (χ1) is 18.1. The maximum Gasteiger partial charge on any atom is 0.246 e. The molecule has 3 aliphatic rings. The molecule has 2 amide bonds. The molecular formula is C30H33N3O4. The van der Waals surface area contributed by atoms with Crippen LogP contribution in [0.3, 0.4) is 0 Å². The number of methoxy groups -OCH3 is 2. The number of carbonyl (C=O) groups excluding carboxylic acids is 2. The van der Waals surface area contributed by atoms with Crippen molar-refractivity contribution in [2.75, 3.05) is 27.3 Å². The van der Waals surface area contributed by atoms with Crippen LogP contribution < -0.4 is 9.47 Å². The Morgan fingerprint density at radius 1 is 1.03 bits per heavy atom. The number of hydrogen-bond donors (Lipinski definition) is 1. The van der Waals surface area contributed by atoms with Gasteiger partial charge in [0.15, 0.2) is 11.5 Å². The minimum atomic E-state index is -0.561. The Labute approximate surface area is 217 Å². The fourth-order valence-electron chi connectivity index (χ4n) is 6.37. The van der Waals surface area contributed by atoms with Gasteiger partial charge in [-0.05, 0) is 49.8 Å². The van der Waals surface area contributed by atoms with Gasteiger partial charge < -0.3 is 24.3 Å². The summed E-state index contributed by atoms with van der Waals surface area (Å²) in [6.07, 6.45) is 8.32. The minimum absolute atomic E-state index is 0.0267. The Balaban J connectivity index is 1.43. The second-order valence-electron chi connectivity index (χ2n) is 10.2. The van der Waals surface area contributed by atoms with Gasteiger partial charge in [0, 0.05) is 35.1 Å². The number of piperazine rings is 1. The SMILES string of the molecule is COc1cccc(C2c3[nH]c4ccccc4c3C[C@H]3C(=O)N(CCC4=CCCCC4)CC(=O)N23)c1OC. The van der Waals surface area contributed by atoms with Crippen molar-refractivity contribution in [1.82, 2.24) is 14.8 Å². The highest BCUT2D eigenvalue weighted by Crippen LogP contribution is 2.47. The minimum Gasteiger partial charge on any atom is -0.493 e. The summed E-state index contributed by atoms with van der Waals surface area (Å²) < 4.78 is 11.4. The van der Waals surface area contributed by atoms with Crippen molar-refractivity contribution in [2.45, 2.75) is 50.6 Å². The highest BCUT2D eigenvalue weighted by Gasteiger charge is 2.49. The fourth-order valence-corrected chi connectivity index (χ4v) is 6.37. The van der Waals surface area contributed by atoms with Crippen LogP contribution in [0.1, 0.15) is 55.0 Å². The van der Waals surface area contributed by atoms with Crippen molar-refractivity contribution in [1.29, 1.82) is 0 Å². The molecule has 3 aromatic rings. The van der Waals surface area contributed by atoms with E-state index in [0.717, 1.165) is 47.0 Å². The molecule has 7 heteroatoms. The van der Waals surface area contributed by atoms with Gasteiger partial charge in [-0.2, -0.15) is 0 Å². The van der Waals surface area contributed by atoms with Crippen LogP contribution in [0.15, 0.2) is 54.1 Å². The molecule has 0 saturated carbocycles. The number of aromatic amines is 1. The van der Waals surface area contributed by atoms with Crippen LogP contribution in [0, 0.1) is 0 Å². The Morgan fingerprint density at radius 3 is 2.68 bits per heavy atom. The van der Waals surface area contributed by atoms with Crippen LogP contribution in [0.5, 0.6) is 11.5 Å². The first kappa shape index (κ1) is 23.6. The molecule has 7 nitrogen and oxygen atoms in total. The Morgan fingerprint density at radius 2 is 1.89 bits per heavy atom. The molecule has 2 aromatic carbocycles. The summed E-state index contributed by atoms with van der Waals surface area (Å²) in [5.41, 5.74) is 5.24. The number of hydrogen-bond acceptors (Lipinski definition) is 4. The Kier molecular flexibility index (Phi) is 6.14. The van der Waals surface area contributed by atoms with Crippen LogP contribution in [0.2, 0.25) is 0 Å². The molecule has 6 rings (SSSR count). The largest absolute Gasteiger partial charge is 0.493 e. The number of carbonyl (C=O) groups is 2. The van der Waals surface area contributed by atoms with Gasteiger partial charge >= 0.3 is 0 Å². The summed E-state index contributed by atoms with van der Waals surface area (Å²) >= 11 is 0. The zero-order valence-electron chi connectivity index (χ0n) is 21.5. The molecular weight excluding hydrogens is 466 g/mol. The van der Waals surface area contributed by atoms with Gasteiger partial charge in [0.1, 0.15) is 12.1 Å². The quantitative estimate of drug-likeness (QED) is 0.496. The summed E-state index contributed by atoms with van der Waals surface area (Å²) in [5.74, 6) is 1.16. The molecule has 2 aliphatic heterocycles. The molecule has 3 heterocycles. The summed E-state index contributed by atoms with van der Waals surface area (Å²) in [7, 11) is 3.22. The maximum atomic E-state index is 13.9. The molecule has 0 bridgehead atoms. The summed E-state index contributed by atoms with van der Waals surface area (Å²) in [6, 6.07) is 12.8. The number of rotatable bonds is 6. The molecule has 1 unspecified atom stereocenters. The number of nitrogens with zero attached hydrogens (tertiary/aromatic N) is 2. The van der Waals surface area contributed by atoms with Gasteiger partial charge in [-0.15, -0.1) is 0 Å². The first-order valence-electron chi connectivity index (χ1n) is 13.2. The third-order valence-electron chi connectivity index (χ3n) is 8.16. The monoisotopic (exact) mass is 499 g/mol. The molecule has 0 spiro atoms. The molecule has 1 saturated heterocycles. The number of fused-ring (bicyclic) bond motifs is 4. The average Bonchev–Trinajstić information content (AvgIpc) is 3.31. The summed E-state index contributed by atoms with van der Waals surface area (Å²) in [5, 5.41) is 1.09. The van der Waals surface area contributed by atoms with E-state index in [0.29, 0.717) is 24.5 Å². The number of H-pyrrole nitrogens is 1. The number of nitrogens with one attached hydrogen (secondary N) is 1. The van der Waals surface area contributed by atoms with Crippen molar-refractivity contribution >= 4 is 22.7 Å². The molecule has 1 aromatic heterocycles. The third kappa shape index (κ3) is 3.97. The molecule has 1 N–H and O–H groups in total.